The Bertz CT molecular complexity index is 90.8. The summed E-state index contributed by atoms with van der Waals surface area (Å²) in [6.07, 6.45) is 0. The maximum absolute atomic E-state index is 9.81. The van der Waals surface area contributed by atoms with E-state index in [-0.39, 0.29) is 33.8 Å². The molecule has 64 valence electrons. The Kier molecular flexibility index (Phi) is 46.2. The van der Waals surface area contributed by atoms with Gasteiger partial charge in [0.1, 0.15) is 0 Å². The summed E-state index contributed by atoms with van der Waals surface area (Å²) in [6, 6.07) is 0. The predicted octanol–water partition coefficient (Wildman–Crippen LogP) is -0.263. The zero-order chi connectivity index (χ0) is 5.86. The molecule has 6 nitrogen and oxygen atoms in total. The summed E-state index contributed by atoms with van der Waals surface area (Å²) in [7, 11) is 0. The average Bonchev–Trinajstić information content (AvgIpc) is 1.27. The summed E-state index contributed by atoms with van der Waals surface area (Å²) < 4.78 is 3.97. The Labute approximate surface area is 74.6 Å². The van der Waals surface area contributed by atoms with E-state index < -0.39 is 11.9 Å². The fraction of sp³-hybridized carbons (Fsp3) is 0.500. The second-order valence-corrected chi connectivity index (χ2v) is 1.09. The second kappa shape index (κ2) is 16.3. The van der Waals surface area contributed by atoms with E-state index in [0.717, 1.165) is 0 Å². The minimum atomic E-state index is -0.562. The molecular formula is C4H6CrO6. The molecule has 0 saturated carbocycles. The van der Waals surface area contributed by atoms with E-state index in [2.05, 4.69) is 4.74 Å². The van der Waals surface area contributed by atoms with Gasteiger partial charge in [-0.25, -0.2) is 0 Å². The Morgan fingerprint density at radius 2 is 1.09 bits per heavy atom. The molecule has 0 saturated heterocycles. The molecule has 0 aliphatic heterocycles. The SMILES string of the molecule is CC(=O)OC(C)=O.[Cr+6].[O-2].[O-2].[O-2]. The molecule has 0 amide bonds. The van der Waals surface area contributed by atoms with Gasteiger partial charge in [-0.05, 0) is 0 Å². The Balaban J connectivity index is -0.0000000300. The van der Waals surface area contributed by atoms with Crippen molar-refractivity contribution < 1.29 is 48.1 Å². The third-order valence-corrected chi connectivity index (χ3v) is 0.287. The fourth-order valence-corrected chi connectivity index (χ4v) is 0.202. The van der Waals surface area contributed by atoms with Crippen molar-refractivity contribution in [3.63, 3.8) is 0 Å². The molecule has 0 rings (SSSR count). The number of ether oxygens (including phenoxy) is 1. The molecule has 0 aromatic carbocycles. The summed E-state index contributed by atoms with van der Waals surface area (Å²) in [5.74, 6) is -1.12. The van der Waals surface area contributed by atoms with E-state index in [4.69, 9.17) is 0 Å². The summed E-state index contributed by atoms with van der Waals surface area (Å²) in [5.41, 5.74) is 0. The van der Waals surface area contributed by atoms with Gasteiger partial charge in [0.05, 0.1) is 0 Å². The second-order valence-electron chi connectivity index (χ2n) is 1.09. The molecule has 0 radical (unpaired) electrons. The largest absolute Gasteiger partial charge is 6.00 e. The van der Waals surface area contributed by atoms with Gasteiger partial charge in [-0.3, -0.25) is 9.59 Å². The van der Waals surface area contributed by atoms with Crippen LogP contribution in [-0.4, -0.2) is 11.9 Å². The van der Waals surface area contributed by atoms with Crippen LogP contribution in [0.25, 0.3) is 0 Å². The van der Waals surface area contributed by atoms with Crippen LogP contribution in [0, 0.1) is 0 Å². The van der Waals surface area contributed by atoms with E-state index in [0.29, 0.717) is 0 Å². The smallest absolute Gasteiger partial charge is 2.00 e. The monoisotopic (exact) mass is 202 g/mol. The van der Waals surface area contributed by atoms with Gasteiger partial charge in [0, 0.05) is 13.8 Å². The molecule has 0 fully saturated rings. The Morgan fingerprint density at radius 3 is 1.09 bits per heavy atom. The van der Waals surface area contributed by atoms with Crippen LogP contribution in [0.2, 0.25) is 0 Å². The van der Waals surface area contributed by atoms with E-state index in [1.165, 1.54) is 13.8 Å². The quantitative estimate of drug-likeness (QED) is 0.396. The van der Waals surface area contributed by atoms with Crippen LogP contribution in [0.15, 0.2) is 0 Å². The van der Waals surface area contributed by atoms with Crippen molar-refractivity contribution >= 4 is 11.9 Å². The minimum Gasteiger partial charge on any atom is -2.00 e. The molecule has 0 aliphatic carbocycles. The Hall–Kier alpha value is -0.448. The number of esters is 2. The topological polar surface area (TPSA) is 129 Å². The fourth-order valence-electron chi connectivity index (χ4n) is 0.202. The van der Waals surface area contributed by atoms with Gasteiger partial charge in [-0.15, -0.1) is 0 Å². The number of carbonyl (C=O) groups excluding carboxylic acids is 2. The average molecular weight is 202 g/mol. The van der Waals surface area contributed by atoms with Crippen LogP contribution < -0.4 is 0 Å². The van der Waals surface area contributed by atoms with E-state index in [9.17, 15) is 9.59 Å². The van der Waals surface area contributed by atoms with Crippen LogP contribution in [0.1, 0.15) is 13.8 Å². The molecule has 0 bridgehead atoms. The van der Waals surface area contributed by atoms with Gasteiger partial charge < -0.3 is 21.2 Å². The molecule has 0 spiro atoms. The molecule has 0 unspecified atom stereocenters. The van der Waals surface area contributed by atoms with Crippen molar-refractivity contribution in [2.45, 2.75) is 13.8 Å². The summed E-state index contributed by atoms with van der Waals surface area (Å²) in [6.45, 7) is 2.36. The van der Waals surface area contributed by atoms with Gasteiger partial charge >= 0.3 is 29.3 Å². The summed E-state index contributed by atoms with van der Waals surface area (Å²) in [4.78, 5) is 19.6. The number of hydrogen-bond donors (Lipinski definition) is 0. The first-order valence-electron chi connectivity index (χ1n) is 1.82. The molecular weight excluding hydrogens is 196 g/mol. The first-order chi connectivity index (χ1) is 3.13. The van der Waals surface area contributed by atoms with Crippen LogP contribution in [0.3, 0.4) is 0 Å². The van der Waals surface area contributed by atoms with E-state index in [1.54, 1.807) is 0 Å². The molecule has 0 N–H and O–H groups in total. The van der Waals surface area contributed by atoms with Gasteiger partial charge in [0.25, 0.3) is 0 Å². The number of rotatable bonds is 0. The van der Waals surface area contributed by atoms with Gasteiger partial charge in [-0.1, -0.05) is 0 Å². The molecule has 0 heterocycles. The van der Waals surface area contributed by atoms with Crippen LogP contribution in [0.4, 0.5) is 0 Å². The van der Waals surface area contributed by atoms with Gasteiger partial charge in [0.15, 0.2) is 0 Å². The first kappa shape index (κ1) is 31.2. The maximum Gasteiger partial charge on any atom is 6.00 e. The van der Waals surface area contributed by atoms with Crippen LogP contribution in [0.5, 0.6) is 0 Å². The van der Waals surface area contributed by atoms with Crippen molar-refractivity contribution in [3.05, 3.63) is 0 Å². The molecule has 0 aromatic rings. The van der Waals surface area contributed by atoms with Crippen molar-refractivity contribution in [3.8, 4) is 0 Å². The third kappa shape index (κ3) is 43.2. The Morgan fingerprint density at radius 1 is 0.909 bits per heavy atom. The third-order valence-electron chi connectivity index (χ3n) is 0.287. The zero-order valence-electron chi connectivity index (χ0n) is 5.86. The summed E-state index contributed by atoms with van der Waals surface area (Å²) >= 11 is 0. The molecule has 11 heavy (non-hydrogen) atoms. The van der Waals surface area contributed by atoms with Crippen molar-refractivity contribution in [2.75, 3.05) is 0 Å². The predicted molar refractivity (Wildman–Crippen MR) is 24.5 cm³/mol. The number of carbonyl (C=O) groups is 2. The van der Waals surface area contributed by atoms with Crippen molar-refractivity contribution in [1.29, 1.82) is 0 Å². The molecule has 0 aliphatic rings. The standard InChI is InChI=1S/C4H6O3.Cr.3O/c1-3(5)7-4(2)6;;;;/h1-2H3;;;;/q;+6;3*-2. The van der Waals surface area contributed by atoms with Crippen molar-refractivity contribution in [1.82, 2.24) is 0 Å². The number of hydrogen-bond acceptors (Lipinski definition) is 3. The first-order valence-corrected chi connectivity index (χ1v) is 1.82. The zero-order valence-corrected chi connectivity index (χ0v) is 7.13. The van der Waals surface area contributed by atoms with Crippen LogP contribution in [-0.2, 0) is 48.1 Å². The summed E-state index contributed by atoms with van der Waals surface area (Å²) in [5, 5.41) is 0. The van der Waals surface area contributed by atoms with Crippen molar-refractivity contribution in [2.24, 2.45) is 0 Å². The van der Waals surface area contributed by atoms with Gasteiger partial charge in [-0.2, -0.15) is 0 Å². The molecule has 0 aromatic heterocycles. The van der Waals surface area contributed by atoms with Crippen LogP contribution >= 0.6 is 0 Å². The van der Waals surface area contributed by atoms with Gasteiger partial charge in [0.2, 0.25) is 0 Å². The molecule has 0 atom stereocenters. The minimum absolute atomic E-state index is 0. The van der Waals surface area contributed by atoms with E-state index in [1.807, 2.05) is 0 Å². The van der Waals surface area contributed by atoms with E-state index >= 15 is 0 Å². The maximum atomic E-state index is 9.81. The molecule has 7 heteroatoms. The normalized spacial score (nSPS) is 4.91.